The first kappa shape index (κ1) is 9.78. The lowest BCUT2D eigenvalue weighted by molar-refractivity contribution is 0.706. The van der Waals surface area contributed by atoms with E-state index in [1.54, 1.807) is 0 Å². The van der Waals surface area contributed by atoms with Crippen LogP contribution in [0, 0.1) is 0 Å². The molecule has 0 saturated heterocycles. The predicted octanol–water partition coefficient (Wildman–Crippen LogP) is 2.92. The minimum atomic E-state index is 1.09. The summed E-state index contributed by atoms with van der Waals surface area (Å²) in [5, 5.41) is 0. The second-order valence-corrected chi connectivity index (χ2v) is 3.80. The number of nitrogens with zero attached hydrogens (tertiary/aromatic N) is 2. The average molecular weight is 231 g/mol. The Morgan fingerprint density at radius 1 is 1.50 bits per heavy atom. The minimum absolute atomic E-state index is 1.09. The third kappa shape index (κ3) is 2.34. The van der Waals surface area contributed by atoms with Gasteiger partial charge in [-0.25, -0.2) is 4.98 Å². The quantitative estimate of drug-likeness (QED) is 0.728. The van der Waals surface area contributed by atoms with Gasteiger partial charge in [0, 0.05) is 7.05 Å². The van der Waals surface area contributed by atoms with Gasteiger partial charge in [0.2, 0.25) is 0 Å². The summed E-state index contributed by atoms with van der Waals surface area (Å²) in [4.78, 5) is 4.30. The molecule has 68 valence electrons. The first-order valence-electron chi connectivity index (χ1n) is 4.41. The zero-order valence-corrected chi connectivity index (χ0v) is 9.26. The number of aromatic nitrogens is 2. The lowest BCUT2D eigenvalue weighted by Crippen LogP contribution is -1.88. The zero-order chi connectivity index (χ0) is 8.97. The molecule has 0 fully saturated rings. The van der Waals surface area contributed by atoms with Crippen molar-refractivity contribution >= 4 is 15.9 Å². The van der Waals surface area contributed by atoms with Gasteiger partial charge in [-0.1, -0.05) is 19.8 Å². The second kappa shape index (κ2) is 4.65. The van der Waals surface area contributed by atoms with Crippen molar-refractivity contribution < 1.29 is 0 Å². The molecule has 0 bridgehead atoms. The molecule has 0 aromatic carbocycles. The van der Waals surface area contributed by atoms with Crippen LogP contribution in [0.1, 0.15) is 31.9 Å². The highest BCUT2D eigenvalue weighted by atomic mass is 79.9. The highest BCUT2D eigenvalue weighted by Gasteiger charge is 2.03. The number of aryl methyl sites for hydroxylation is 2. The smallest absolute Gasteiger partial charge is 0.107 e. The summed E-state index contributed by atoms with van der Waals surface area (Å²) in [6.07, 6.45) is 6.75. The molecule has 1 heterocycles. The third-order valence-corrected chi connectivity index (χ3v) is 2.97. The molecule has 0 N–H and O–H groups in total. The molecule has 0 aliphatic heterocycles. The van der Waals surface area contributed by atoms with Crippen LogP contribution in [-0.4, -0.2) is 9.55 Å². The largest absolute Gasteiger partial charge is 0.328 e. The van der Waals surface area contributed by atoms with Crippen LogP contribution in [-0.2, 0) is 13.5 Å². The van der Waals surface area contributed by atoms with Crippen LogP contribution in [0.3, 0.4) is 0 Å². The van der Waals surface area contributed by atoms with Gasteiger partial charge in [0.05, 0.1) is 12.0 Å². The van der Waals surface area contributed by atoms with Gasteiger partial charge >= 0.3 is 0 Å². The number of unbranched alkanes of at least 4 members (excludes halogenated alkanes) is 2. The van der Waals surface area contributed by atoms with Crippen LogP contribution in [0.15, 0.2) is 10.9 Å². The maximum atomic E-state index is 4.30. The van der Waals surface area contributed by atoms with E-state index in [0.717, 1.165) is 11.0 Å². The fourth-order valence-electron chi connectivity index (χ4n) is 1.17. The predicted molar refractivity (Wildman–Crippen MR) is 54.1 cm³/mol. The number of hydrogen-bond acceptors (Lipinski definition) is 1. The fourth-order valence-corrected chi connectivity index (χ4v) is 1.57. The van der Waals surface area contributed by atoms with Crippen LogP contribution in [0.4, 0.5) is 0 Å². The molecule has 1 rings (SSSR count). The van der Waals surface area contributed by atoms with E-state index in [9.17, 15) is 0 Å². The van der Waals surface area contributed by atoms with Gasteiger partial charge in [-0.15, -0.1) is 0 Å². The molecule has 0 saturated carbocycles. The molecule has 3 heteroatoms. The van der Waals surface area contributed by atoms with Gasteiger partial charge in [-0.05, 0) is 28.8 Å². The van der Waals surface area contributed by atoms with Crippen molar-refractivity contribution in [2.24, 2.45) is 7.05 Å². The van der Waals surface area contributed by atoms with Gasteiger partial charge in [0.25, 0.3) is 0 Å². The monoisotopic (exact) mass is 230 g/mol. The Morgan fingerprint density at radius 3 is 2.75 bits per heavy atom. The van der Waals surface area contributed by atoms with Crippen molar-refractivity contribution in [1.29, 1.82) is 0 Å². The van der Waals surface area contributed by atoms with E-state index in [1.165, 1.54) is 25.0 Å². The van der Waals surface area contributed by atoms with Crippen LogP contribution in [0.5, 0.6) is 0 Å². The Labute approximate surface area is 82.1 Å². The molecule has 1 aromatic rings. The van der Waals surface area contributed by atoms with Crippen molar-refractivity contribution in [3.8, 4) is 0 Å². The number of halogens is 1. The summed E-state index contributed by atoms with van der Waals surface area (Å²) < 4.78 is 3.12. The lowest BCUT2D eigenvalue weighted by atomic mass is 10.2. The van der Waals surface area contributed by atoms with E-state index in [0.29, 0.717) is 0 Å². The average Bonchev–Trinajstić information content (AvgIpc) is 2.36. The second-order valence-electron chi connectivity index (χ2n) is 3.05. The summed E-state index contributed by atoms with van der Waals surface area (Å²) in [6, 6.07) is 0. The highest BCUT2D eigenvalue weighted by Crippen LogP contribution is 2.16. The number of rotatable bonds is 4. The van der Waals surface area contributed by atoms with Crippen molar-refractivity contribution in [3.05, 3.63) is 16.6 Å². The molecule has 12 heavy (non-hydrogen) atoms. The van der Waals surface area contributed by atoms with E-state index < -0.39 is 0 Å². The summed E-state index contributed by atoms with van der Waals surface area (Å²) >= 11 is 3.50. The van der Waals surface area contributed by atoms with Crippen LogP contribution >= 0.6 is 15.9 Å². The molecule has 0 amide bonds. The normalized spacial score (nSPS) is 10.6. The van der Waals surface area contributed by atoms with Crippen molar-refractivity contribution in [3.63, 3.8) is 0 Å². The maximum Gasteiger partial charge on any atom is 0.107 e. The van der Waals surface area contributed by atoms with Crippen molar-refractivity contribution in [1.82, 2.24) is 9.55 Å². The molecule has 0 spiro atoms. The molecular weight excluding hydrogens is 216 g/mol. The first-order valence-corrected chi connectivity index (χ1v) is 5.20. The van der Waals surface area contributed by atoms with Crippen molar-refractivity contribution in [2.75, 3.05) is 0 Å². The topological polar surface area (TPSA) is 17.8 Å². The molecule has 0 aliphatic carbocycles. The van der Waals surface area contributed by atoms with E-state index in [-0.39, 0.29) is 0 Å². The number of imidazole rings is 1. The standard InChI is InChI=1S/C9H15BrN2/c1-3-4-5-6-8-9(10)12(2)7-11-8/h7H,3-6H2,1-2H3. The third-order valence-electron chi connectivity index (χ3n) is 1.95. The van der Waals surface area contributed by atoms with Gasteiger partial charge in [-0.3, -0.25) is 0 Å². The summed E-state index contributed by atoms with van der Waals surface area (Å²) in [5.74, 6) is 0. The lowest BCUT2D eigenvalue weighted by Gasteiger charge is -1.97. The molecule has 0 radical (unpaired) electrons. The molecule has 0 aliphatic rings. The van der Waals surface area contributed by atoms with Gasteiger partial charge in [0.1, 0.15) is 4.60 Å². The van der Waals surface area contributed by atoms with Crippen LogP contribution in [0.25, 0.3) is 0 Å². The zero-order valence-electron chi connectivity index (χ0n) is 7.68. The molecule has 0 unspecified atom stereocenters. The van der Waals surface area contributed by atoms with Gasteiger partial charge in [-0.2, -0.15) is 0 Å². The summed E-state index contributed by atoms with van der Waals surface area (Å²) in [7, 11) is 2.00. The summed E-state index contributed by atoms with van der Waals surface area (Å²) in [6.45, 7) is 2.22. The summed E-state index contributed by atoms with van der Waals surface area (Å²) in [5.41, 5.74) is 1.19. The van der Waals surface area contributed by atoms with Crippen LogP contribution < -0.4 is 0 Å². The van der Waals surface area contributed by atoms with E-state index in [4.69, 9.17) is 0 Å². The van der Waals surface area contributed by atoms with Crippen LogP contribution in [0.2, 0.25) is 0 Å². The van der Waals surface area contributed by atoms with Gasteiger partial charge in [0.15, 0.2) is 0 Å². The Balaban J connectivity index is 2.46. The number of hydrogen-bond donors (Lipinski definition) is 0. The molecule has 0 atom stereocenters. The van der Waals surface area contributed by atoms with E-state index in [1.807, 2.05) is 17.9 Å². The van der Waals surface area contributed by atoms with E-state index >= 15 is 0 Å². The highest BCUT2D eigenvalue weighted by molar-refractivity contribution is 9.10. The maximum absolute atomic E-state index is 4.30. The molecular formula is C9H15BrN2. The Bertz CT molecular complexity index is 243. The van der Waals surface area contributed by atoms with Crippen molar-refractivity contribution in [2.45, 2.75) is 32.6 Å². The Hall–Kier alpha value is -0.310. The SMILES string of the molecule is CCCCCc1ncn(C)c1Br. The van der Waals surface area contributed by atoms with Gasteiger partial charge < -0.3 is 4.57 Å². The molecule has 2 nitrogen and oxygen atoms in total. The Morgan fingerprint density at radius 2 is 2.25 bits per heavy atom. The first-order chi connectivity index (χ1) is 5.75. The van der Waals surface area contributed by atoms with E-state index in [2.05, 4.69) is 27.8 Å². The molecule has 1 aromatic heterocycles. The fraction of sp³-hybridized carbons (Fsp3) is 0.667. The minimum Gasteiger partial charge on any atom is -0.328 e. The Kier molecular flexibility index (Phi) is 3.79.